The second-order valence-electron chi connectivity index (χ2n) is 8.24. The zero-order valence-electron chi connectivity index (χ0n) is 17.4. The molecule has 1 aromatic heterocycles. The van der Waals surface area contributed by atoms with Crippen molar-refractivity contribution in [3.05, 3.63) is 53.3 Å². The van der Waals surface area contributed by atoms with Crippen LogP contribution in [-0.2, 0) is 19.5 Å². The first-order chi connectivity index (χ1) is 13.1. The Morgan fingerprint density at radius 2 is 2.04 bits per heavy atom. The van der Waals surface area contributed by atoms with Gasteiger partial charge in [-0.25, -0.2) is 0 Å². The molecule has 4 nitrogen and oxygen atoms in total. The van der Waals surface area contributed by atoms with Crippen molar-refractivity contribution >= 4 is 0 Å². The number of aromatic nitrogens is 2. The molecule has 1 aromatic carbocycles. The van der Waals surface area contributed by atoms with Crippen molar-refractivity contribution in [3.63, 3.8) is 0 Å². The maximum atomic E-state index is 4.71. The van der Waals surface area contributed by atoms with E-state index in [1.165, 1.54) is 49.3 Å². The van der Waals surface area contributed by atoms with E-state index in [1.807, 2.05) is 0 Å². The Kier molecular flexibility index (Phi) is 7.48. The van der Waals surface area contributed by atoms with Gasteiger partial charge >= 0.3 is 0 Å². The maximum Gasteiger partial charge on any atom is 0.0638 e. The Hall–Kier alpha value is -1.65. The topological polar surface area (TPSA) is 24.3 Å². The van der Waals surface area contributed by atoms with Crippen molar-refractivity contribution < 1.29 is 0 Å². The van der Waals surface area contributed by atoms with Gasteiger partial charge in [0, 0.05) is 44.5 Å². The summed E-state index contributed by atoms with van der Waals surface area (Å²) in [4.78, 5) is 5.16. The molecule has 3 rings (SSSR count). The largest absolute Gasteiger partial charge is 0.306 e. The molecule has 0 saturated carbocycles. The minimum atomic E-state index is 0.783. The van der Waals surface area contributed by atoms with Crippen molar-refractivity contribution in [2.45, 2.75) is 52.6 Å². The van der Waals surface area contributed by atoms with Crippen LogP contribution in [0.3, 0.4) is 0 Å². The van der Waals surface area contributed by atoms with Crippen molar-refractivity contribution in [2.75, 3.05) is 33.2 Å². The lowest BCUT2D eigenvalue weighted by atomic mass is 9.97. The highest BCUT2D eigenvalue weighted by Gasteiger charge is 2.21. The summed E-state index contributed by atoms with van der Waals surface area (Å²) >= 11 is 0. The molecule has 148 valence electrons. The van der Waals surface area contributed by atoms with Gasteiger partial charge < -0.3 is 4.90 Å². The molecular weight excluding hydrogens is 332 g/mol. The average Bonchev–Trinajstić information content (AvgIpc) is 3.00. The first-order valence-electron chi connectivity index (χ1n) is 10.6. The lowest BCUT2D eigenvalue weighted by Crippen LogP contribution is -2.39. The summed E-state index contributed by atoms with van der Waals surface area (Å²) in [6.45, 7) is 11.2. The van der Waals surface area contributed by atoms with E-state index in [0.29, 0.717) is 0 Å². The molecule has 1 saturated heterocycles. The summed E-state index contributed by atoms with van der Waals surface area (Å²) in [5.74, 6) is 0.783. The Labute approximate surface area is 165 Å². The van der Waals surface area contributed by atoms with Gasteiger partial charge in [-0.2, -0.15) is 5.10 Å². The van der Waals surface area contributed by atoms with Crippen LogP contribution in [0.2, 0.25) is 0 Å². The van der Waals surface area contributed by atoms with E-state index in [2.05, 4.69) is 71.9 Å². The minimum absolute atomic E-state index is 0.783. The molecular formula is C23H36N4. The van der Waals surface area contributed by atoms with Crippen molar-refractivity contribution in [1.82, 2.24) is 19.6 Å². The predicted molar refractivity (Wildman–Crippen MR) is 113 cm³/mol. The number of nitrogens with zero attached hydrogens (tertiary/aromatic N) is 4. The first kappa shape index (κ1) is 20.1. The van der Waals surface area contributed by atoms with Crippen LogP contribution in [0.5, 0.6) is 0 Å². The maximum absolute atomic E-state index is 4.71. The molecule has 0 spiro atoms. The Morgan fingerprint density at radius 3 is 2.78 bits per heavy atom. The summed E-state index contributed by atoms with van der Waals surface area (Å²) < 4.78 is 2.12. The van der Waals surface area contributed by atoms with Gasteiger partial charge in [-0.1, -0.05) is 37.3 Å². The summed E-state index contributed by atoms with van der Waals surface area (Å²) in [6.07, 6.45) is 7.21. The number of hydrogen-bond acceptors (Lipinski definition) is 3. The third-order valence-corrected chi connectivity index (χ3v) is 5.69. The van der Waals surface area contributed by atoms with E-state index in [0.717, 1.165) is 38.4 Å². The van der Waals surface area contributed by atoms with Gasteiger partial charge in [-0.15, -0.1) is 0 Å². The third-order valence-electron chi connectivity index (χ3n) is 5.69. The number of benzene rings is 1. The van der Waals surface area contributed by atoms with E-state index in [-0.39, 0.29) is 0 Å². The summed E-state index contributed by atoms with van der Waals surface area (Å²) in [6, 6.07) is 10.9. The molecule has 1 unspecified atom stereocenters. The number of aryl methyl sites for hydroxylation is 2. The van der Waals surface area contributed by atoms with Crippen molar-refractivity contribution in [3.8, 4) is 0 Å². The fraction of sp³-hybridized carbons (Fsp3) is 0.609. The smallest absolute Gasteiger partial charge is 0.0638 e. The molecule has 2 aromatic rings. The molecule has 0 aliphatic carbocycles. The number of piperidine rings is 1. The van der Waals surface area contributed by atoms with Crippen LogP contribution in [0.25, 0.3) is 0 Å². The van der Waals surface area contributed by atoms with Crippen LogP contribution in [0.15, 0.2) is 36.5 Å². The van der Waals surface area contributed by atoms with E-state index in [4.69, 9.17) is 5.10 Å². The molecule has 0 bridgehead atoms. The normalized spacial score (nSPS) is 18.3. The van der Waals surface area contributed by atoms with Gasteiger partial charge in [0.2, 0.25) is 0 Å². The average molecular weight is 369 g/mol. The fourth-order valence-electron chi connectivity index (χ4n) is 4.25. The van der Waals surface area contributed by atoms with E-state index < -0.39 is 0 Å². The Balaban J connectivity index is 1.66. The third kappa shape index (κ3) is 6.18. The van der Waals surface area contributed by atoms with Crippen molar-refractivity contribution in [2.24, 2.45) is 5.92 Å². The predicted octanol–water partition coefficient (Wildman–Crippen LogP) is 3.99. The quantitative estimate of drug-likeness (QED) is 0.669. The highest BCUT2D eigenvalue weighted by atomic mass is 15.3. The molecule has 1 aliphatic rings. The zero-order chi connectivity index (χ0) is 19.1. The monoisotopic (exact) mass is 368 g/mol. The van der Waals surface area contributed by atoms with Gasteiger partial charge in [0.05, 0.1) is 5.69 Å². The van der Waals surface area contributed by atoms with Crippen LogP contribution < -0.4 is 0 Å². The second-order valence-corrected chi connectivity index (χ2v) is 8.24. The molecule has 4 heteroatoms. The van der Waals surface area contributed by atoms with Gasteiger partial charge in [0.1, 0.15) is 0 Å². The standard InChI is InChI=1S/C23H36N4/c1-4-13-27-19-23(20(2)24-27)18-26(15-12-21-9-6-5-7-10-21)17-22-11-8-14-25(3)16-22/h5-7,9-10,19,22H,4,8,11-18H2,1-3H3. The van der Waals surface area contributed by atoms with Crippen LogP contribution in [0.4, 0.5) is 0 Å². The second kappa shape index (κ2) is 10.0. The molecule has 1 atom stereocenters. The van der Waals surface area contributed by atoms with Gasteiger partial charge in [-0.05, 0) is 57.7 Å². The van der Waals surface area contributed by atoms with Crippen LogP contribution in [-0.4, -0.2) is 52.8 Å². The summed E-state index contributed by atoms with van der Waals surface area (Å²) in [5.41, 5.74) is 4.01. The number of hydrogen-bond donors (Lipinski definition) is 0. The lowest BCUT2D eigenvalue weighted by Gasteiger charge is -2.34. The van der Waals surface area contributed by atoms with E-state index in [9.17, 15) is 0 Å². The van der Waals surface area contributed by atoms with Gasteiger partial charge in [-0.3, -0.25) is 9.58 Å². The molecule has 0 amide bonds. The molecule has 1 aliphatic heterocycles. The van der Waals surface area contributed by atoms with E-state index in [1.54, 1.807) is 0 Å². The highest BCUT2D eigenvalue weighted by molar-refractivity contribution is 5.17. The van der Waals surface area contributed by atoms with Gasteiger partial charge in [0.25, 0.3) is 0 Å². The van der Waals surface area contributed by atoms with Crippen LogP contribution in [0.1, 0.15) is 43.0 Å². The molecule has 1 fully saturated rings. The highest BCUT2D eigenvalue weighted by Crippen LogP contribution is 2.19. The number of rotatable bonds is 9. The minimum Gasteiger partial charge on any atom is -0.306 e. The SMILES string of the molecule is CCCn1cc(CN(CCc2ccccc2)CC2CCCN(C)C2)c(C)n1. The zero-order valence-corrected chi connectivity index (χ0v) is 17.4. The molecule has 2 heterocycles. The van der Waals surface area contributed by atoms with Crippen LogP contribution >= 0.6 is 0 Å². The van der Waals surface area contributed by atoms with Crippen molar-refractivity contribution in [1.29, 1.82) is 0 Å². The number of likely N-dealkylation sites (tertiary alicyclic amines) is 1. The van der Waals surface area contributed by atoms with Crippen LogP contribution in [0, 0.1) is 12.8 Å². The van der Waals surface area contributed by atoms with E-state index >= 15 is 0 Å². The lowest BCUT2D eigenvalue weighted by molar-refractivity contribution is 0.148. The summed E-state index contributed by atoms with van der Waals surface area (Å²) in [5, 5.41) is 4.71. The Bertz CT molecular complexity index is 679. The molecule has 27 heavy (non-hydrogen) atoms. The fourth-order valence-corrected chi connectivity index (χ4v) is 4.25. The van der Waals surface area contributed by atoms with Gasteiger partial charge in [0.15, 0.2) is 0 Å². The molecule has 0 radical (unpaired) electrons. The first-order valence-corrected chi connectivity index (χ1v) is 10.6. The molecule has 0 N–H and O–H groups in total. The Morgan fingerprint density at radius 1 is 1.22 bits per heavy atom. The summed E-state index contributed by atoms with van der Waals surface area (Å²) in [7, 11) is 2.26.